The monoisotopic (exact) mass is 217 g/mol. The molecule has 0 rings (SSSR count). The summed E-state index contributed by atoms with van der Waals surface area (Å²) in [4.78, 5) is 0. The molecule has 0 amide bonds. The van der Waals surface area contributed by atoms with Crippen LogP contribution in [0.25, 0.3) is 0 Å². The van der Waals surface area contributed by atoms with Crippen LogP contribution < -0.4 is 0 Å². The number of halogens is 1. The zero-order valence-corrected chi connectivity index (χ0v) is 7.29. The van der Waals surface area contributed by atoms with Gasteiger partial charge in [0, 0.05) is 28.9 Å². The second-order valence-corrected chi connectivity index (χ2v) is 4.16. The molecule has 0 aromatic rings. The summed E-state index contributed by atoms with van der Waals surface area (Å²) in [5, 5.41) is 0. The van der Waals surface area contributed by atoms with Crippen LogP contribution in [-0.2, 0) is 0 Å². The average molecular weight is 217 g/mol. The minimum Gasteiger partial charge on any atom is -0.229 e. The fraction of sp³-hybridized carbons (Fsp3) is 1.00. The summed E-state index contributed by atoms with van der Waals surface area (Å²) >= 11 is 2.23. The van der Waals surface area contributed by atoms with Gasteiger partial charge in [-0.3, -0.25) is 0 Å². The van der Waals surface area contributed by atoms with Crippen molar-refractivity contribution in [1.29, 1.82) is 0 Å². The molecule has 0 radical (unpaired) electrons. The number of rotatable bonds is 1. The Morgan fingerprint density at radius 1 is 1.67 bits per heavy atom. The van der Waals surface area contributed by atoms with E-state index in [2.05, 4.69) is 49.0 Å². The lowest BCUT2D eigenvalue weighted by Gasteiger charge is -2.09. The highest BCUT2D eigenvalue weighted by atomic mass is 127. The van der Waals surface area contributed by atoms with Gasteiger partial charge in [0.15, 0.2) is 0 Å². The highest BCUT2D eigenvalue weighted by Gasteiger charge is 1.93. The van der Waals surface area contributed by atoms with Crippen LogP contribution in [0, 0.1) is 0 Å². The normalized spacial score (nSPS) is 11.0. The summed E-state index contributed by atoms with van der Waals surface area (Å²) < 4.78 is 2.05. The van der Waals surface area contributed by atoms with Gasteiger partial charge in [0.1, 0.15) is 0 Å². The molecule has 0 aromatic carbocycles. The fourth-order valence-corrected chi connectivity index (χ4v) is 0. The standard InChI is InChI=1S/C3H9INP/c1-3(2)5(4)6/h3H,6H2,1-2H3. The first-order chi connectivity index (χ1) is 2.64. The Morgan fingerprint density at radius 3 is 1.83 bits per heavy atom. The van der Waals surface area contributed by atoms with Crippen LogP contribution in [0.5, 0.6) is 0 Å². The maximum absolute atomic E-state index is 2.59. The summed E-state index contributed by atoms with van der Waals surface area (Å²) in [6.07, 6.45) is 0. The Kier molecular flexibility index (Phi) is 3.76. The number of nitrogens with zero attached hydrogens (tertiary/aromatic N) is 1. The van der Waals surface area contributed by atoms with Crippen LogP contribution in [0.4, 0.5) is 0 Å². The van der Waals surface area contributed by atoms with Crippen molar-refractivity contribution in [1.82, 2.24) is 2.88 Å². The summed E-state index contributed by atoms with van der Waals surface area (Å²) in [6.45, 7) is 4.28. The maximum Gasteiger partial charge on any atom is 0.0241 e. The van der Waals surface area contributed by atoms with E-state index in [4.69, 9.17) is 0 Å². The lowest BCUT2D eigenvalue weighted by Crippen LogP contribution is -2.06. The van der Waals surface area contributed by atoms with E-state index in [0.717, 1.165) is 0 Å². The average Bonchev–Trinajstić information content (AvgIpc) is 1.36. The van der Waals surface area contributed by atoms with Gasteiger partial charge in [0.25, 0.3) is 0 Å². The van der Waals surface area contributed by atoms with Gasteiger partial charge < -0.3 is 0 Å². The lowest BCUT2D eigenvalue weighted by atomic mass is 10.4. The van der Waals surface area contributed by atoms with Crippen LogP contribution in [0.3, 0.4) is 0 Å². The molecular formula is C3H9INP. The highest BCUT2D eigenvalue weighted by Crippen LogP contribution is 2.10. The summed E-state index contributed by atoms with van der Waals surface area (Å²) in [5.41, 5.74) is 0. The van der Waals surface area contributed by atoms with E-state index in [9.17, 15) is 0 Å². The quantitative estimate of drug-likeness (QED) is 0.368. The first kappa shape index (κ1) is 7.12. The molecule has 38 valence electrons. The molecule has 1 nitrogen and oxygen atoms in total. The third kappa shape index (κ3) is 3.32. The van der Waals surface area contributed by atoms with Crippen molar-refractivity contribution in [3.05, 3.63) is 0 Å². The Hall–Kier alpha value is 1.12. The van der Waals surface area contributed by atoms with Gasteiger partial charge in [-0.05, 0) is 13.8 Å². The molecule has 0 fully saturated rings. The third-order valence-corrected chi connectivity index (χ3v) is 2.20. The second kappa shape index (κ2) is 3.16. The Balaban J connectivity index is 2.99. The summed E-state index contributed by atoms with van der Waals surface area (Å²) in [7, 11) is 2.59. The molecule has 0 bridgehead atoms. The van der Waals surface area contributed by atoms with Crippen molar-refractivity contribution in [3.63, 3.8) is 0 Å². The van der Waals surface area contributed by atoms with Gasteiger partial charge in [0.05, 0.1) is 0 Å². The van der Waals surface area contributed by atoms with Crippen LogP contribution in [-0.4, -0.2) is 8.93 Å². The number of hydrogen-bond donors (Lipinski definition) is 0. The molecule has 0 aliphatic heterocycles. The highest BCUT2D eigenvalue weighted by molar-refractivity contribution is 14.1. The smallest absolute Gasteiger partial charge is 0.0241 e. The zero-order chi connectivity index (χ0) is 5.15. The van der Waals surface area contributed by atoms with Gasteiger partial charge in [0.2, 0.25) is 0 Å². The van der Waals surface area contributed by atoms with E-state index in [1.54, 1.807) is 0 Å². The van der Waals surface area contributed by atoms with Crippen LogP contribution in [0.15, 0.2) is 0 Å². The van der Waals surface area contributed by atoms with E-state index >= 15 is 0 Å². The van der Waals surface area contributed by atoms with E-state index in [1.807, 2.05) is 0 Å². The van der Waals surface area contributed by atoms with Gasteiger partial charge in [-0.15, -0.1) is 0 Å². The SMILES string of the molecule is CC(C)N(P)I. The van der Waals surface area contributed by atoms with Crippen LogP contribution in [0.1, 0.15) is 13.8 Å². The Morgan fingerprint density at radius 2 is 1.83 bits per heavy atom. The van der Waals surface area contributed by atoms with Gasteiger partial charge in [-0.25, -0.2) is 2.88 Å². The van der Waals surface area contributed by atoms with Crippen LogP contribution >= 0.6 is 32.3 Å². The van der Waals surface area contributed by atoms with Crippen LogP contribution in [0.2, 0.25) is 0 Å². The third-order valence-electron chi connectivity index (χ3n) is 0.493. The van der Waals surface area contributed by atoms with Gasteiger partial charge in [-0.2, -0.15) is 0 Å². The largest absolute Gasteiger partial charge is 0.229 e. The molecule has 1 unspecified atom stereocenters. The maximum atomic E-state index is 2.59. The summed E-state index contributed by atoms with van der Waals surface area (Å²) in [5.74, 6) is 0. The zero-order valence-electron chi connectivity index (χ0n) is 3.98. The molecule has 0 aromatic heterocycles. The van der Waals surface area contributed by atoms with Gasteiger partial charge in [-0.1, -0.05) is 9.39 Å². The molecule has 0 aliphatic rings. The molecule has 0 saturated carbocycles. The molecule has 0 spiro atoms. The predicted octanol–water partition coefficient (Wildman–Crippen LogP) is 1.84. The van der Waals surface area contributed by atoms with E-state index < -0.39 is 0 Å². The topological polar surface area (TPSA) is 3.24 Å². The Labute approximate surface area is 55.2 Å². The molecule has 0 N–H and O–H groups in total. The molecule has 0 heterocycles. The van der Waals surface area contributed by atoms with Crippen molar-refractivity contribution in [2.75, 3.05) is 0 Å². The van der Waals surface area contributed by atoms with Crippen molar-refractivity contribution in [3.8, 4) is 0 Å². The first-order valence-electron chi connectivity index (χ1n) is 1.84. The van der Waals surface area contributed by atoms with Crippen molar-refractivity contribution in [2.45, 2.75) is 19.9 Å². The molecular weight excluding hydrogens is 208 g/mol. The van der Waals surface area contributed by atoms with E-state index in [0.29, 0.717) is 6.04 Å². The molecule has 3 heteroatoms. The van der Waals surface area contributed by atoms with Crippen molar-refractivity contribution >= 4 is 32.3 Å². The lowest BCUT2D eigenvalue weighted by molar-refractivity contribution is 0.634. The second-order valence-electron chi connectivity index (χ2n) is 1.44. The summed E-state index contributed by atoms with van der Waals surface area (Å²) in [6, 6.07) is 0.635. The van der Waals surface area contributed by atoms with E-state index in [-0.39, 0.29) is 0 Å². The minimum absolute atomic E-state index is 0.635. The van der Waals surface area contributed by atoms with Gasteiger partial charge >= 0.3 is 0 Å². The molecule has 0 saturated heterocycles. The first-order valence-corrected chi connectivity index (χ1v) is 3.32. The minimum atomic E-state index is 0.635. The Bertz CT molecular complexity index is 31.8. The van der Waals surface area contributed by atoms with E-state index in [1.165, 1.54) is 0 Å². The molecule has 1 atom stereocenters. The molecule has 6 heavy (non-hydrogen) atoms. The number of hydrogen-bond acceptors (Lipinski definition) is 1. The van der Waals surface area contributed by atoms with Crippen molar-refractivity contribution < 1.29 is 0 Å². The molecule has 0 aliphatic carbocycles. The predicted molar refractivity (Wildman–Crippen MR) is 40.7 cm³/mol. The fourth-order valence-electron chi connectivity index (χ4n) is 0. The van der Waals surface area contributed by atoms with Crippen molar-refractivity contribution in [2.24, 2.45) is 0 Å².